The minimum atomic E-state index is -0.419. The third-order valence-corrected chi connectivity index (χ3v) is 1.74. The second-order valence-electron chi connectivity index (χ2n) is 3.21. The molecule has 5 nitrogen and oxygen atoms in total. The number of nitrogens with two attached hydrogens (primary N) is 1. The van der Waals surface area contributed by atoms with Crippen molar-refractivity contribution in [1.29, 1.82) is 0 Å². The van der Waals surface area contributed by atoms with E-state index in [4.69, 9.17) is 10.5 Å². The van der Waals surface area contributed by atoms with Crippen LogP contribution in [0.25, 0.3) is 0 Å². The van der Waals surface area contributed by atoms with Crippen molar-refractivity contribution in [3.05, 3.63) is 11.8 Å². The van der Waals surface area contributed by atoms with E-state index in [9.17, 15) is 4.79 Å². The van der Waals surface area contributed by atoms with Crippen molar-refractivity contribution in [3.63, 3.8) is 0 Å². The van der Waals surface area contributed by atoms with E-state index in [-0.39, 0.29) is 6.10 Å². The van der Waals surface area contributed by atoms with Crippen LogP contribution in [0, 0.1) is 0 Å². The molecular weight excluding hydrogens is 182 g/mol. The number of nitrogens with zero attached hydrogens (tertiary/aromatic N) is 2. The summed E-state index contributed by atoms with van der Waals surface area (Å²) < 4.78 is 6.56. The molecule has 1 aromatic heterocycles. The molecule has 5 heteroatoms. The summed E-state index contributed by atoms with van der Waals surface area (Å²) in [6.07, 6.45) is 1.29. The summed E-state index contributed by atoms with van der Waals surface area (Å²) in [5.41, 5.74) is 6.02. The highest BCUT2D eigenvalue weighted by molar-refractivity contribution is 5.94. The molecule has 1 rings (SSSR count). The zero-order valence-corrected chi connectivity index (χ0v) is 8.65. The standard InChI is InChI=1S/C9H15N3O2/c1-4-12-8(10)7(5-11-12)9(13)14-6(2)3/h5-6H,4,10H2,1-3H3. The number of nitrogen functional groups attached to an aromatic ring is 1. The van der Waals surface area contributed by atoms with Crippen LogP contribution in [0.4, 0.5) is 5.82 Å². The lowest BCUT2D eigenvalue weighted by Gasteiger charge is -2.06. The number of carbonyl (C=O) groups excluding carboxylic acids is 1. The number of aromatic nitrogens is 2. The lowest BCUT2D eigenvalue weighted by atomic mass is 10.3. The van der Waals surface area contributed by atoms with E-state index in [2.05, 4.69) is 5.10 Å². The van der Waals surface area contributed by atoms with E-state index in [0.717, 1.165) is 0 Å². The van der Waals surface area contributed by atoms with Gasteiger partial charge in [0.2, 0.25) is 0 Å². The molecule has 0 atom stereocenters. The monoisotopic (exact) mass is 197 g/mol. The van der Waals surface area contributed by atoms with E-state index in [1.807, 2.05) is 6.92 Å². The summed E-state index contributed by atoms with van der Waals surface area (Å²) in [6, 6.07) is 0. The number of anilines is 1. The van der Waals surface area contributed by atoms with Crippen molar-refractivity contribution in [3.8, 4) is 0 Å². The lowest BCUT2D eigenvalue weighted by molar-refractivity contribution is 0.0379. The van der Waals surface area contributed by atoms with E-state index in [1.165, 1.54) is 6.20 Å². The Morgan fingerprint density at radius 2 is 2.36 bits per heavy atom. The number of esters is 1. The van der Waals surface area contributed by atoms with E-state index < -0.39 is 5.97 Å². The SMILES string of the molecule is CCn1ncc(C(=O)OC(C)C)c1N. The van der Waals surface area contributed by atoms with Crippen LogP contribution in [-0.4, -0.2) is 21.9 Å². The molecule has 14 heavy (non-hydrogen) atoms. The molecule has 0 aliphatic heterocycles. The molecule has 0 saturated carbocycles. The Morgan fingerprint density at radius 1 is 1.71 bits per heavy atom. The number of ether oxygens (including phenoxy) is 1. The van der Waals surface area contributed by atoms with Crippen LogP contribution in [0.15, 0.2) is 6.20 Å². The number of carbonyl (C=O) groups is 1. The predicted molar refractivity (Wildman–Crippen MR) is 52.9 cm³/mol. The third-order valence-electron chi connectivity index (χ3n) is 1.74. The second-order valence-corrected chi connectivity index (χ2v) is 3.21. The van der Waals surface area contributed by atoms with Crippen molar-refractivity contribution < 1.29 is 9.53 Å². The Morgan fingerprint density at radius 3 is 2.79 bits per heavy atom. The summed E-state index contributed by atoms with van der Waals surface area (Å²) >= 11 is 0. The van der Waals surface area contributed by atoms with E-state index in [1.54, 1.807) is 18.5 Å². The summed E-state index contributed by atoms with van der Waals surface area (Å²) in [4.78, 5) is 11.4. The fourth-order valence-corrected chi connectivity index (χ4v) is 1.08. The van der Waals surface area contributed by atoms with Gasteiger partial charge in [-0.2, -0.15) is 5.10 Å². The van der Waals surface area contributed by atoms with Crippen LogP contribution in [0.5, 0.6) is 0 Å². The molecule has 2 N–H and O–H groups in total. The van der Waals surface area contributed by atoms with Crippen molar-refractivity contribution in [2.24, 2.45) is 0 Å². The molecule has 0 unspecified atom stereocenters. The molecule has 78 valence electrons. The number of hydrogen-bond donors (Lipinski definition) is 1. The van der Waals surface area contributed by atoms with Crippen molar-refractivity contribution in [2.45, 2.75) is 33.4 Å². The normalized spacial score (nSPS) is 10.6. The molecule has 0 spiro atoms. The topological polar surface area (TPSA) is 70.1 Å². The summed E-state index contributed by atoms with van der Waals surface area (Å²) in [5, 5.41) is 3.95. The summed E-state index contributed by atoms with van der Waals surface area (Å²) in [6.45, 7) is 6.12. The number of rotatable bonds is 3. The average molecular weight is 197 g/mol. The van der Waals surface area contributed by atoms with E-state index in [0.29, 0.717) is 17.9 Å². The van der Waals surface area contributed by atoms with Gasteiger partial charge in [-0.25, -0.2) is 9.48 Å². The maximum absolute atomic E-state index is 11.4. The van der Waals surface area contributed by atoms with Crippen molar-refractivity contribution in [1.82, 2.24) is 9.78 Å². The third kappa shape index (κ3) is 2.04. The molecule has 0 aliphatic carbocycles. The Labute approximate surface area is 82.8 Å². The van der Waals surface area contributed by atoms with Crippen LogP contribution in [0.1, 0.15) is 31.1 Å². The number of aryl methyl sites for hydroxylation is 1. The van der Waals surface area contributed by atoms with E-state index >= 15 is 0 Å². The molecular formula is C9H15N3O2. The van der Waals surface area contributed by atoms with Gasteiger partial charge in [0.1, 0.15) is 11.4 Å². The maximum atomic E-state index is 11.4. The molecule has 0 radical (unpaired) electrons. The highest BCUT2D eigenvalue weighted by atomic mass is 16.5. The van der Waals surface area contributed by atoms with Gasteiger partial charge in [-0.3, -0.25) is 0 Å². The first-order chi connectivity index (χ1) is 6.56. The first-order valence-corrected chi connectivity index (χ1v) is 4.58. The van der Waals surface area contributed by atoms with Crippen molar-refractivity contribution in [2.75, 3.05) is 5.73 Å². The molecule has 0 fully saturated rings. The average Bonchev–Trinajstić information content (AvgIpc) is 2.45. The van der Waals surface area contributed by atoms with Gasteiger partial charge >= 0.3 is 5.97 Å². The maximum Gasteiger partial charge on any atom is 0.343 e. The fraction of sp³-hybridized carbons (Fsp3) is 0.556. The summed E-state index contributed by atoms with van der Waals surface area (Å²) in [7, 11) is 0. The zero-order chi connectivity index (χ0) is 10.7. The smallest absolute Gasteiger partial charge is 0.343 e. The Bertz CT molecular complexity index is 331. The van der Waals surface area contributed by atoms with Gasteiger partial charge in [0.25, 0.3) is 0 Å². The van der Waals surface area contributed by atoms with Crippen LogP contribution in [-0.2, 0) is 11.3 Å². The van der Waals surface area contributed by atoms with Gasteiger partial charge in [-0.1, -0.05) is 0 Å². The first kappa shape index (κ1) is 10.6. The van der Waals surface area contributed by atoms with Gasteiger partial charge in [0.05, 0.1) is 12.3 Å². The van der Waals surface area contributed by atoms with Crippen molar-refractivity contribution >= 4 is 11.8 Å². The molecule has 0 aromatic carbocycles. The zero-order valence-electron chi connectivity index (χ0n) is 8.65. The Kier molecular flexibility index (Phi) is 3.11. The molecule has 0 saturated heterocycles. The Hall–Kier alpha value is -1.52. The highest BCUT2D eigenvalue weighted by Crippen LogP contribution is 2.12. The van der Waals surface area contributed by atoms with Gasteiger partial charge in [0.15, 0.2) is 0 Å². The van der Waals surface area contributed by atoms with Gasteiger partial charge in [-0.15, -0.1) is 0 Å². The largest absolute Gasteiger partial charge is 0.459 e. The minimum absolute atomic E-state index is 0.146. The Balaban J connectivity index is 2.85. The number of hydrogen-bond acceptors (Lipinski definition) is 4. The predicted octanol–water partition coefficient (Wildman–Crippen LogP) is 1.05. The van der Waals surface area contributed by atoms with Gasteiger partial charge in [-0.05, 0) is 20.8 Å². The minimum Gasteiger partial charge on any atom is -0.459 e. The molecule has 1 heterocycles. The van der Waals surface area contributed by atoms with Gasteiger partial charge < -0.3 is 10.5 Å². The first-order valence-electron chi connectivity index (χ1n) is 4.58. The second kappa shape index (κ2) is 4.13. The lowest BCUT2D eigenvalue weighted by Crippen LogP contribution is -2.13. The molecule has 0 aliphatic rings. The van der Waals surface area contributed by atoms with Crippen LogP contribution in [0.3, 0.4) is 0 Å². The van der Waals surface area contributed by atoms with Crippen LogP contribution in [0.2, 0.25) is 0 Å². The van der Waals surface area contributed by atoms with Crippen LogP contribution < -0.4 is 5.73 Å². The molecule has 0 amide bonds. The quantitative estimate of drug-likeness (QED) is 0.735. The molecule has 1 aromatic rings. The van der Waals surface area contributed by atoms with Gasteiger partial charge in [0, 0.05) is 6.54 Å². The van der Waals surface area contributed by atoms with Crippen LogP contribution >= 0.6 is 0 Å². The summed E-state index contributed by atoms with van der Waals surface area (Å²) in [5.74, 6) is -0.0599. The highest BCUT2D eigenvalue weighted by Gasteiger charge is 2.16. The molecule has 0 bridgehead atoms. The fourth-order valence-electron chi connectivity index (χ4n) is 1.08.